The molecular formula is C12H10O6. The molecule has 2 N–H and O–H groups in total. The lowest BCUT2D eigenvalue weighted by molar-refractivity contribution is -0.132. The summed E-state index contributed by atoms with van der Waals surface area (Å²) in [5.41, 5.74) is 0.0748. The smallest absolute Gasteiger partial charge is 0.377 e. The zero-order chi connectivity index (χ0) is 13.9. The molecule has 0 saturated carbocycles. The van der Waals surface area contributed by atoms with Crippen LogP contribution in [0.3, 0.4) is 0 Å². The molecule has 1 rings (SSSR count). The number of carboxylic acid groups (broad SMARTS) is 2. The van der Waals surface area contributed by atoms with Crippen LogP contribution >= 0.6 is 0 Å². The van der Waals surface area contributed by atoms with Crippen molar-refractivity contribution in [3.63, 3.8) is 0 Å². The van der Waals surface area contributed by atoms with Crippen molar-refractivity contribution >= 4 is 23.5 Å². The molecule has 0 atom stereocenters. The molecule has 0 fully saturated rings. The number of benzene rings is 1. The summed E-state index contributed by atoms with van der Waals surface area (Å²) < 4.78 is 0. The van der Waals surface area contributed by atoms with Crippen LogP contribution in [-0.4, -0.2) is 33.7 Å². The lowest BCUT2D eigenvalue weighted by atomic mass is 9.97. The lowest BCUT2D eigenvalue weighted by Gasteiger charge is -2.06. The van der Waals surface area contributed by atoms with E-state index in [2.05, 4.69) is 0 Å². The van der Waals surface area contributed by atoms with E-state index in [1.807, 2.05) is 0 Å². The molecule has 6 nitrogen and oxygen atoms in total. The van der Waals surface area contributed by atoms with Crippen LogP contribution in [-0.2, 0) is 16.0 Å². The maximum absolute atomic E-state index is 11.4. The first-order valence-corrected chi connectivity index (χ1v) is 5.06. The number of Topliss-reactive ketones (excluding diaryl/α,β-unsaturated/α-hetero) is 2. The van der Waals surface area contributed by atoms with E-state index < -0.39 is 23.5 Å². The van der Waals surface area contributed by atoms with Gasteiger partial charge in [-0.25, -0.2) is 9.59 Å². The van der Waals surface area contributed by atoms with Gasteiger partial charge in [0, 0.05) is 11.1 Å². The minimum atomic E-state index is -1.66. The van der Waals surface area contributed by atoms with Crippen LogP contribution in [0.5, 0.6) is 0 Å². The molecule has 0 unspecified atom stereocenters. The molecule has 0 amide bonds. The Bertz CT molecular complexity index is 543. The van der Waals surface area contributed by atoms with Gasteiger partial charge < -0.3 is 10.2 Å². The van der Waals surface area contributed by atoms with E-state index in [1.165, 1.54) is 12.1 Å². The number of aliphatic carboxylic acids is 2. The molecule has 0 aliphatic carbocycles. The highest BCUT2D eigenvalue weighted by Gasteiger charge is 2.21. The highest BCUT2D eigenvalue weighted by atomic mass is 16.4. The number of hydrogen-bond acceptors (Lipinski definition) is 4. The molecule has 0 saturated heterocycles. The van der Waals surface area contributed by atoms with Crippen molar-refractivity contribution in [1.29, 1.82) is 0 Å². The number of carboxylic acids is 2. The monoisotopic (exact) mass is 250 g/mol. The second kappa shape index (κ2) is 5.22. The van der Waals surface area contributed by atoms with E-state index in [-0.39, 0.29) is 11.1 Å². The molecule has 0 aliphatic heterocycles. The van der Waals surface area contributed by atoms with Crippen molar-refractivity contribution in [3.05, 3.63) is 34.9 Å². The number of rotatable bonds is 5. The van der Waals surface area contributed by atoms with Gasteiger partial charge in [-0.2, -0.15) is 0 Å². The molecule has 0 bridgehead atoms. The van der Waals surface area contributed by atoms with Gasteiger partial charge in [0.05, 0.1) is 0 Å². The van der Waals surface area contributed by atoms with E-state index in [1.54, 1.807) is 6.92 Å². The highest BCUT2D eigenvalue weighted by Crippen LogP contribution is 2.14. The summed E-state index contributed by atoms with van der Waals surface area (Å²) in [7, 11) is 0. The quantitative estimate of drug-likeness (QED) is 0.590. The van der Waals surface area contributed by atoms with Gasteiger partial charge in [0.2, 0.25) is 0 Å². The molecule has 0 aliphatic rings. The molecular weight excluding hydrogens is 240 g/mol. The van der Waals surface area contributed by atoms with E-state index >= 15 is 0 Å². The van der Waals surface area contributed by atoms with Crippen LogP contribution in [0, 0.1) is 0 Å². The van der Waals surface area contributed by atoms with Gasteiger partial charge in [0.1, 0.15) is 0 Å². The maximum Gasteiger partial charge on any atom is 0.377 e. The fourth-order valence-electron chi connectivity index (χ4n) is 1.48. The summed E-state index contributed by atoms with van der Waals surface area (Å²) in [5.74, 6) is -5.65. The molecule has 1 aromatic rings. The number of ketones is 2. The van der Waals surface area contributed by atoms with Crippen LogP contribution in [0.4, 0.5) is 0 Å². The summed E-state index contributed by atoms with van der Waals surface area (Å²) in [4.78, 5) is 43.8. The number of carbonyl (C=O) groups is 4. The number of aryl methyl sites for hydroxylation is 1. The summed E-state index contributed by atoms with van der Waals surface area (Å²) >= 11 is 0. The first-order valence-electron chi connectivity index (χ1n) is 5.06. The van der Waals surface area contributed by atoms with E-state index in [0.717, 1.165) is 6.07 Å². The molecule has 18 heavy (non-hydrogen) atoms. The van der Waals surface area contributed by atoms with Gasteiger partial charge in [-0.1, -0.05) is 19.1 Å². The Hall–Kier alpha value is -2.50. The molecule has 0 spiro atoms. The van der Waals surface area contributed by atoms with Crippen molar-refractivity contribution in [3.8, 4) is 0 Å². The SMILES string of the molecule is CCc1ccc(C(=O)C(=O)O)cc1C(=O)C(=O)O. The Labute approximate surface area is 102 Å². The lowest BCUT2D eigenvalue weighted by Crippen LogP contribution is -2.18. The van der Waals surface area contributed by atoms with Crippen LogP contribution < -0.4 is 0 Å². The number of carbonyl (C=O) groups excluding carboxylic acids is 2. The predicted molar refractivity (Wildman–Crippen MR) is 59.8 cm³/mol. The van der Waals surface area contributed by atoms with Gasteiger partial charge >= 0.3 is 11.9 Å². The molecule has 0 aromatic heterocycles. The van der Waals surface area contributed by atoms with Crippen molar-refractivity contribution in [2.75, 3.05) is 0 Å². The topological polar surface area (TPSA) is 109 Å². The summed E-state index contributed by atoms with van der Waals surface area (Å²) in [5, 5.41) is 17.2. The zero-order valence-corrected chi connectivity index (χ0v) is 9.47. The third kappa shape index (κ3) is 2.60. The van der Waals surface area contributed by atoms with Gasteiger partial charge in [-0.3, -0.25) is 9.59 Å². The minimum absolute atomic E-state index is 0.155. The van der Waals surface area contributed by atoms with Crippen molar-refractivity contribution in [2.45, 2.75) is 13.3 Å². The molecule has 1 aromatic carbocycles. The second-order valence-corrected chi connectivity index (χ2v) is 3.49. The molecule has 0 heterocycles. The van der Waals surface area contributed by atoms with Crippen LogP contribution in [0.15, 0.2) is 18.2 Å². The number of hydrogen-bond donors (Lipinski definition) is 2. The molecule has 94 valence electrons. The van der Waals surface area contributed by atoms with Gasteiger partial charge in [-0.05, 0) is 18.1 Å². The minimum Gasteiger partial charge on any atom is -0.475 e. The largest absolute Gasteiger partial charge is 0.475 e. The van der Waals surface area contributed by atoms with Crippen molar-refractivity contribution < 1.29 is 29.4 Å². The average molecular weight is 250 g/mol. The standard InChI is InChI=1S/C12H10O6/c1-2-6-3-4-7(9(13)11(15)16)5-8(6)10(14)12(17)18/h3-5H,2H2,1H3,(H,15,16)(H,17,18). The molecule has 0 radical (unpaired) electrons. The molecule has 6 heteroatoms. The fourth-order valence-corrected chi connectivity index (χ4v) is 1.48. The third-order valence-electron chi connectivity index (χ3n) is 2.39. The van der Waals surface area contributed by atoms with Gasteiger partial charge in [-0.15, -0.1) is 0 Å². The first-order chi connectivity index (χ1) is 8.38. The van der Waals surface area contributed by atoms with Crippen LogP contribution in [0.1, 0.15) is 33.2 Å². The van der Waals surface area contributed by atoms with Crippen molar-refractivity contribution in [2.24, 2.45) is 0 Å². The van der Waals surface area contributed by atoms with Gasteiger partial charge in [0.25, 0.3) is 11.6 Å². The predicted octanol–water partition coefficient (Wildman–Crippen LogP) is 0.784. The normalized spacial score (nSPS) is 9.83. The highest BCUT2D eigenvalue weighted by molar-refractivity contribution is 6.42. The zero-order valence-electron chi connectivity index (χ0n) is 9.47. The van der Waals surface area contributed by atoms with E-state index in [4.69, 9.17) is 10.2 Å². The summed E-state index contributed by atoms with van der Waals surface area (Å²) in [6.45, 7) is 1.71. The Morgan fingerprint density at radius 3 is 2.00 bits per heavy atom. The Kier molecular flexibility index (Phi) is 3.93. The van der Waals surface area contributed by atoms with E-state index in [0.29, 0.717) is 12.0 Å². The summed E-state index contributed by atoms with van der Waals surface area (Å²) in [6.07, 6.45) is 0.399. The van der Waals surface area contributed by atoms with Crippen LogP contribution in [0.2, 0.25) is 0 Å². The summed E-state index contributed by atoms with van der Waals surface area (Å²) in [6, 6.07) is 3.64. The average Bonchev–Trinajstić information content (AvgIpc) is 2.35. The van der Waals surface area contributed by atoms with Gasteiger partial charge in [0.15, 0.2) is 0 Å². The van der Waals surface area contributed by atoms with E-state index in [9.17, 15) is 19.2 Å². The van der Waals surface area contributed by atoms with Crippen molar-refractivity contribution in [1.82, 2.24) is 0 Å². The third-order valence-corrected chi connectivity index (χ3v) is 2.39. The Morgan fingerprint density at radius 1 is 1.00 bits per heavy atom. The first kappa shape index (κ1) is 13.6. The van der Waals surface area contributed by atoms with Crippen LogP contribution in [0.25, 0.3) is 0 Å². The maximum atomic E-state index is 11.4. The fraction of sp³-hybridized carbons (Fsp3) is 0.167. The Morgan fingerprint density at radius 2 is 1.56 bits per heavy atom. The second-order valence-electron chi connectivity index (χ2n) is 3.49. The Balaban J connectivity index is 3.34.